The lowest BCUT2D eigenvalue weighted by atomic mass is 10.2. The molecule has 2 aromatic rings. The maximum absolute atomic E-state index is 13.8. The van der Waals surface area contributed by atoms with Crippen molar-refractivity contribution < 1.29 is 13.9 Å². The Bertz CT molecular complexity index is 614. The molecule has 2 aromatic carbocycles. The molecule has 0 aromatic heterocycles. The molecule has 2 N–H and O–H groups in total. The molecule has 0 radical (unpaired) electrons. The first-order valence-corrected chi connectivity index (χ1v) is 7.79. The first-order valence-electron chi connectivity index (χ1n) is 6.57. The zero-order valence-corrected chi connectivity index (χ0v) is 13.0. The summed E-state index contributed by atoms with van der Waals surface area (Å²) in [5, 5.41) is 0. The van der Waals surface area contributed by atoms with Crippen LogP contribution in [0.4, 0.5) is 10.1 Å². The van der Waals surface area contributed by atoms with Crippen molar-refractivity contribution in [3.05, 3.63) is 42.2 Å². The van der Waals surface area contributed by atoms with Crippen LogP contribution < -0.4 is 15.2 Å². The van der Waals surface area contributed by atoms with Gasteiger partial charge in [0.2, 0.25) is 0 Å². The summed E-state index contributed by atoms with van der Waals surface area (Å²) < 4.78 is 24.9. The summed E-state index contributed by atoms with van der Waals surface area (Å²) in [4.78, 5) is 1.14. The fourth-order valence-corrected chi connectivity index (χ4v) is 2.16. The molecule has 0 bridgehead atoms. The maximum atomic E-state index is 13.8. The molecule has 5 heteroatoms. The lowest BCUT2D eigenvalue weighted by Crippen LogP contribution is -2.07. The van der Waals surface area contributed by atoms with Gasteiger partial charge in [0.1, 0.15) is 5.75 Å². The van der Waals surface area contributed by atoms with Gasteiger partial charge in [-0.2, -0.15) is 0 Å². The molecule has 2 rings (SSSR count). The molecule has 0 saturated carbocycles. The van der Waals surface area contributed by atoms with Crippen molar-refractivity contribution in [2.45, 2.75) is 24.8 Å². The second-order valence-corrected chi connectivity index (χ2v) is 5.64. The first kappa shape index (κ1) is 15.5. The summed E-state index contributed by atoms with van der Waals surface area (Å²) in [6.07, 6.45) is 1.88. The molecule has 0 aliphatic carbocycles. The van der Waals surface area contributed by atoms with Crippen molar-refractivity contribution in [2.24, 2.45) is 0 Å². The summed E-state index contributed by atoms with van der Waals surface area (Å²) in [5.74, 6) is 0.659. The Labute approximate surface area is 128 Å². The molecule has 0 heterocycles. The van der Waals surface area contributed by atoms with E-state index < -0.39 is 5.82 Å². The van der Waals surface area contributed by atoms with E-state index in [0.717, 1.165) is 4.90 Å². The Morgan fingerprint density at radius 1 is 1.10 bits per heavy atom. The largest absolute Gasteiger partial charge is 0.488 e. The quantitative estimate of drug-likeness (QED) is 0.642. The Balaban J connectivity index is 2.25. The van der Waals surface area contributed by atoms with E-state index in [2.05, 4.69) is 0 Å². The van der Waals surface area contributed by atoms with Crippen LogP contribution in [0.15, 0.2) is 41.3 Å². The molecule has 0 fully saturated rings. The number of hydrogen-bond acceptors (Lipinski definition) is 4. The second-order valence-electron chi connectivity index (χ2n) is 4.76. The molecule has 0 unspecified atom stereocenters. The predicted octanol–water partition coefficient (Wildman–Crippen LogP) is 4.71. The minimum absolute atomic E-state index is 0.128. The van der Waals surface area contributed by atoms with E-state index in [4.69, 9.17) is 15.2 Å². The topological polar surface area (TPSA) is 44.5 Å². The van der Waals surface area contributed by atoms with Crippen molar-refractivity contribution in [2.75, 3.05) is 12.0 Å². The highest BCUT2D eigenvalue weighted by Gasteiger charge is 2.12. The normalized spacial score (nSPS) is 10.7. The van der Waals surface area contributed by atoms with Crippen LogP contribution >= 0.6 is 11.8 Å². The SMILES string of the molecule is CSc1ccc(Oc2cc(OC(C)C)c(F)cc2N)cc1. The number of rotatable bonds is 5. The van der Waals surface area contributed by atoms with Gasteiger partial charge in [-0.3, -0.25) is 0 Å². The molecule has 112 valence electrons. The van der Waals surface area contributed by atoms with Crippen LogP contribution in [-0.2, 0) is 0 Å². The van der Waals surface area contributed by atoms with Crippen LogP contribution in [0.3, 0.4) is 0 Å². The van der Waals surface area contributed by atoms with Crippen LogP contribution in [0.5, 0.6) is 17.2 Å². The molecule has 3 nitrogen and oxygen atoms in total. The standard InChI is InChI=1S/C16H18FNO2S/c1-10(2)19-15-9-16(14(18)8-13(15)17)20-11-4-6-12(21-3)7-5-11/h4-10H,18H2,1-3H3. The van der Waals surface area contributed by atoms with Crippen molar-refractivity contribution in [3.63, 3.8) is 0 Å². The number of ether oxygens (including phenoxy) is 2. The molecule has 21 heavy (non-hydrogen) atoms. The van der Waals surface area contributed by atoms with Crippen molar-refractivity contribution in [1.82, 2.24) is 0 Å². The third kappa shape index (κ3) is 4.04. The number of nitrogens with two attached hydrogens (primary N) is 1. The second kappa shape index (κ2) is 6.72. The van der Waals surface area contributed by atoms with Crippen molar-refractivity contribution in [1.29, 1.82) is 0 Å². The van der Waals surface area contributed by atoms with Gasteiger partial charge in [0.05, 0.1) is 11.8 Å². The van der Waals surface area contributed by atoms with Crippen molar-refractivity contribution in [3.8, 4) is 17.2 Å². The molecular formula is C16H18FNO2S. The number of hydrogen-bond donors (Lipinski definition) is 1. The lowest BCUT2D eigenvalue weighted by molar-refractivity contribution is 0.230. The van der Waals surface area contributed by atoms with E-state index in [-0.39, 0.29) is 17.5 Å². The number of halogens is 1. The van der Waals surface area contributed by atoms with Gasteiger partial charge in [-0.05, 0) is 44.4 Å². The van der Waals surface area contributed by atoms with Crippen molar-refractivity contribution >= 4 is 17.4 Å². The minimum Gasteiger partial charge on any atom is -0.488 e. The Morgan fingerprint density at radius 3 is 2.33 bits per heavy atom. The fourth-order valence-electron chi connectivity index (χ4n) is 1.75. The monoisotopic (exact) mass is 307 g/mol. The van der Waals surface area contributed by atoms with Crippen LogP contribution in [0.1, 0.15) is 13.8 Å². The van der Waals surface area contributed by atoms with E-state index >= 15 is 0 Å². The van der Waals surface area contributed by atoms with Crippen LogP contribution in [0, 0.1) is 5.82 Å². The molecule has 0 aliphatic heterocycles. The summed E-state index contributed by atoms with van der Waals surface area (Å²) >= 11 is 1.65. The highest BCUT2D eigenvalue weighted by Crippen LogP contribution is 2.34. The zero-order valence-electron chi connectivity index (χ0n) is 12.2. The van der Waals surface area contributed by atoms with E-state index in [9.17, 15) is 4.39 Å². The number of thioether (sulfide) groups is 1. The smallest absolute Gasteiger partial charge is 0.167 e. The van der Waals surface area contributed by atoms with E-state index in [1.165, 1.54) is 12.1 Å². The third-order valence-corrected chi connectivity index (χ3v) is 3.46. The van der Waals surface area contributed by atoms with E-state index in [1.54, 1.807) is 11.8 Å². The predicted molar refractivity (Wildman–Crippen MR) is 84.9 cm³/mol. The number of benzene rings is 2. The lowest BCUT2D eigenvalue weighted by Gasteiger charge is -2.14. The van der Waals surface area contributed by atoms with Crippen LogP contribution in [0.25, 0.3) is 0 Å². The first-order chi connectivity index (χ1) is 9.99. The summed E-state index contributed by atoms with van der Waals surface area (Å²) in [7, 11) is 0. The van der Waals surface area contributed by atoms with Gasteiger partial charge in [0.15, 0.2) is 17.3 Å². The average Bonchev–Trinajstić information content (AvgIpc) is 2.44. The number of nitrogen functional groups attached to an aromatic ring is 1. The maximum Gasteiger partial charge on any atom is 0.167 e. The Hall–Kier alpha value is -1.88. The molecular weight excluding hydrogens is 289 g/mol. The molecule has 0 atom stereocenters. The zero-order chi connectivity index (χ0) is 15.4. The third-order valence-electron chi connectivity index (χ3n) is 2.71. The van der Waals surface area contributed by atoms with E-state index in [0.29, 0.717) is 11.5 Å². The highest BCUT2D eigenvalue weighted by molar-refractivity contribution is 7.98. The molecule has 0 spiro atoms. The van der Waals surface area contributed by atoms with Gasteiger partial charge in [0, 0.05) is 17.0 Å². The van der Waals surface area contributed by atoms with Crippen LogP contribution in [-0.4, -0.2) is 12.4 Å². The Kier molecular flexibility index (Phi) is 4.96. The van der Waals surface area contributed by atoms with Gasteiger partial charge in [-0.25, -0.2) is 4.39 Å². The minimum atomic E-state index is -0.494. The summed E-state index contributed by atoms with van der Waals surface area (Å²) in [6.45, 7) is 3.66. The fraction of sp³-hybridized carbons (Fsp3) is 0.250. The van der Waals surface area contributed by atoms with Gasteiger partial charge >= 0.3 is 0 Å². The summed E-state index contributed by atoms with van der Waals surface area (Å²) in [6, 6.07) is 10.3. The van der Waals surface area contributed by atoms with Gasteiger partial charge in [0.25, 0.3) is 0 Å². The molecule has 0 aliphatic rings. The summed E-state index contributed by atoms with van der Waals surface area (Å²) in [5.41, 5.74) is 6.03. The van der Waals surface area contributed by atoms with Crippen LogP contribution in [0.2, 0.25) is 0 Å². The molecule has 0 saturated heterocycles. The average molecular weight is 307 g/mol. The Morgan fingerprint density at radius 2 is 1.76 bits per heavy atom. The number of anilines is 1. The molecule has 0 amide bonds. The van der Waals surface area contributed by atoms with Gasteiger partial charge in [-0.1, -0.05) is 0 Å². The van der Waals surface area contributed by atoms with E-state index in [1.807, 2.05) is 44.4 Å². The van der Waals surface area contributed by atoms with Gasteiger partial charge in [-0.15, -0.1) is 11.8 Å². The van der Waals surface area contributed by atoms with Gasteiger partial charge < -0.3 is 15.2 Å². The highest BCUT2D eigenvalue weighted by atomic mass is 32.2.